The Balaban J connectivity index is 1.56. The Morgan fingerprint density at radius 3 is 2.63 bits per heavy atom. The lowest BCUT2D eigenvalue weighted by Gasteiger charge is -2.35. The summed E-state index contributed by atoms with van der Waals surface area (Å²) < 4.78 is 34.0. The number of piperidine rings is 1. The molecule has 2 fully saturated rings. The van der Waals surface area contributed by atoms with Gasteiger partial charge in [-0.15, -0.1) is 0 Å². The molecule has 0 N–H and O–H groups in total. The van der Waals surface area contributed by atoms with E-state index in [-0.39, 0.29) is 22.8 Å². The molecule has 2 atom stereocenters. The zero-order valence-corrected chi connectivity index (χ0v) is 18.9. The van der Waals surface area contributed by atoms with Gasteiger partial charge in [0, 0.05) is 49.3 Å². The summed E-state index contributed by atoms with van der Waals surface area (Å²) in [7, 11) is -3.73. The largest absolute Gasteiger partial charge is 0.444 e. The number of hydrogen-bond donors (Lipinski definition) is 0. The highest BCUT2D eigenvalue weighted by atomic mass is 35.5. The smallest absolute Gasteiger partial charge is 0.410 e. The fourth-order valence-electron chi connectivity index (χ4n) is 4.33. The molecule has 0 spiro atoms. The maximum absolute atomic E-state index is 13.5. The molecular weight excluding hydrogens is 426 g/mol. The molecule has 2 aromatic rings. The van der Waals surface area contributed by atoms with Gasteiger partial charge in [0.25, 0.3) is 0 Å². The molecule has 9 heteroatoms. The van der Waals surface area contributed by atoms with E-state index in [2.05, 4.69) is 4.98 Å². The van der Waals surface area contributed by atoms with Crippen LogP contribution in [-0.2, 0) is 14.8 Å². The van der Waals surface area contributed by atoms with Gasteiger partial charge in [-0.2, -0.15) is 4.31 Å². The Labute approximate surface area is 182 Å². The van der Waals surface area contributed by atoms with Crippen molar-refractivity contribution in [2.45, 2.75) is 37.7 Å². The number of amides is 1. The highest BCUT2D eigenvalue weighted by molar-refractivity contribution is 7.89. The van der Waals surface area contributed by atoms with Crippen molar-refractivity contribution >= 4 is 38.5 Å². The number of likely N-dealkylation sites (tertiary alicyclic amines) is 1. The number of sulfonamides is 1. The number of hydrogen-bond acceptors (Lipinski definition) is 5. The number of carbonyl (C=O) groups is 1. The zero-order valence-electron chi connectivity index (χ0n) is 17.3. The average Bonchev–Trinajstić information content (AvgIpc) is 3.10. The summed E-state index contributed by atoms with van der Waals surface area (Å²) in [5.41, 5.74) is -0.554. The molecule has 7 nitrogen and oxygen atoms in total. The highest BCUT2D eigenvalue weighted by Gasteiger charge is 2.43. The van der Waals surface area contributed by atoms with Crippen molar-refractivity contribution in [3.05, 3.63) is 35.6 Å². The molecule has 1 aromatic heterocycles. The number of rotatable bonds is 2. The minimum atomic E-state index is -3.73. The maximum atomic E-state index is 13.5. The van der Waals surface area contributed by atoms with Gasteiger partial charge in [-0.1, -0.05) is 23.7 Å². The van der Waals surface area contributed by atoms with E-state index in [4.69, 9.17) is 16.3 Å². The first-order valence-corrected chi connectivity index (χ1v) is 11.9. The van der Waals surface area contributed by atoms with Gasteiger partial charge in [0.05, 0.1) is 9.92 Å². The summed E-state index contributed by atoms with van der Waals surface area (Å²) in [6.07, 6.45) is 3.50. The lowest BCUT2D eigenvalue weighted by atomic mass is 9.89. The predicted octanol–water partition coefficient (Wildman–Crippen LogP) is 3.77. The summed E-state index contributed by atoms with van der Waals surface area (Å²) in [5, 5.41) is 1.51. The number of aromatic nitrogens is 1. The van der Waals surface area contributed by atoms with Crippen LogP contribution in [-0.4, -0.2) is 60.5 Å². The summed E-state index contributed by atoms with van der Waals surface area (Å²) in [6.45, 7) is 7.44. The monoisotopic (exact) mass is 451 g/mol. The van der Waals surface area contributed by atoms with E-state index in [9.17, 15) is 13.2 Å². The number of fused-ring (bicyclic) bond motifs is 2. The van der Waals surface area contributed by atoms with Crippen molar-refractivity contribution in [2.24, 2.45) is 11.8 Å². The van der Waals surface area contributed by atoms with Crippen molar-refractivity contribution in [3.63, 3.8) is 0 Å². The molecular formula is C21H26ClN3O4S. The number of benzene rings is 1. The molecule has 1 aromatic carbocycles. The van der Waals surface area contributed by atoms with Crippen molar-refractivity contribution in [1.29, 1.82) is 0 Å². The zero-order chi connectivity index (χ0) is 21.7. The molecule has 2 aliphatic heterocycles. The third-order valence-electron chi connectivity index (χ3n) is 5.74. The number of carbonyl (C=O) groups excluding carboxylic acids is 1. The second kappa shape index (κ2) is 7.66. The topological polar surface area (TPSA) is 79.8 Å². The van der Waals surface area contributed by atoms with Crippen LogP contribution in [0.5, 0.6) is 0 Å². The Kier molecular flexibility index (Phi) is 5.45. The van der Waals surface area contributed by atoms with Gasteiger partial charge in [-0.3, -0.25) is 4.98 Å². The fraction of sp³-hybridized carbons (Fsp3) is 0.524. The Hall–Kier alpha value is -1.90. The first-order chi connectivity index (χ1) is 14.1. The molecule has 2 saturated heterocycles. The van der Waals surface area contributed by atoms with Gasteiger partial charge in [-0.05, 0) is 45.1 Å². The molecule has 0 bridgehead atoms. The molecule has 3 heterocycles. The van der Waals surface area contributed by atoms with E-state index in [1.54, 1.807) is 29.3 Å². The summed E-state index contributed by atoms with van der Waals surface area (Å²) >= 11 is 6.30. The summed E-state index contributed by atoms with van der Waals surface area (Å²) in [5.74, 6) is 0.318. The molecule has 0 aliphatic carbocycles. The molecule has 0 saturated carbocycles. The van der Waals surface area contributed by atoms with Crippen LogP contribution in [0.25, 0.3) is 10.8 Å². The van der Waals surface area contributed by atoms with E-state index in [1.807, 2.05) is 20.8 Å². The lowest BCUT2D eigenvalue weighted by molar-refractivity contribution is 0.0139. The van der Waals surface area contributed by atoms with Crippen molar-refractivity contribution in [1.82, 2.24) is 14.2 Å². The van der Waals surface area contributed by atoms with Crippen LogP contribution in [0.3, 0.4) is 0 Å². The van der Waals surface area contributed by atoms with Crippen molar-refractivity contribution in [3.8, 4) is 0 Å². The molecule has 2 unspecified atom stereocenters. The standard InChI is InChI=1S/C21H26ClN3O4S/c1-21(2,3)29-20(26)24-8-7-15-12-25(13-16(15)11-24)30(27,28)18-6-4-5-14-9-23-10-17(22)19(14)18/h4-6,9-10,15-16H,7-8,11-13H2,1-3H3. The number of nitrogens with zero attached hydrogens (tertiary/aromatic N) is 3. The van der Waals surface area contributed by atoms with E-state index in [1.165, 1.54) is 10.5 Å². The fourth-order valence-corrected chi connectivity index (χ4v) is 6.44. The van der Waals surface area contributed by atoms with Gasteiger partial charge >= 0.3 is 6.09 Å². The minimum Gasteiger partial charge on any atom is -0.444 e. The van der Waals surface area contributed by atoms with Gasteiger partial charge < -0.3 is 9.64 Å². The molecule has 30 heavy (non-hydrogen) atoms. The SMILES string of the molecule is CC(C)(C)OC(=O)N1CCC2CN(S(=O)(=O)c3cccc4cncc(Cl)c34)CC2C1. The van der Waals surface area contributed by atoms with Gasteiger partial charge in [-0.25, -0.2) is 13.2 Å². The minimum absolute atomic E-state index is 0.0909. The van der Waals surface area contributed by atoms with Gasteiger partial charge in [0.2, 0.25) is 10.0 Å². The van der Waals surface area contributed by atoms with Crippen molar-refractivity contribution < 1.29 is 17.9 Å². The molecule has 2 aliphatic rings. The lowest BCUT2D eigenvalue weighted by Crippen LogP contribution is -2.45. The second-order valence-electron chi connectivity index (χ2n) is 9.03. The Bertz CT molecular complexity index is 1080. The van der Waals surface area contributed by atoms with Crippen LogP contribution < -0.4 is 0 Å². The maximum Gasteiger partial charge on any atom is 0.410 e. The first-order valence-electron chi connectivity index (χ1n) is 10.1. The van der Waals surface area contributed by atoms with E-state index in [0.29, 0.717) is 42.0 Å². The second-order valence-corrected chi connectivity index (χ2v) is 11.3. The Morgan fingerprint density at radius 2 is 1.90 bits per heavy atom. The predicted molar refractivity (Wildman–Crippen MR) is 115 cm³/mol. The molecule has 162 valence electrons. The van der Waals surface area contributed by atoms with Gasteiger partial charge in [0.15, 0.2) is 0 Å². The normalized spacial score (nSPS) is 22.9. The van der Waals surface area contributed by atoms with Crippen LogP contribution in [0.1, 0.15) is 27.2 Å². The number of ether oxygens (including phenoxy) is 1. The third-order valence-corrected chi connectivity index (χ3v) is 7.90. The quantitative estimate of drug-likeness (QED) is 0.694. The Morgan fingerprint density at radius 1 is 1.17 bits per heavy atom. The number of pyridine rings is 1. The van der Waals surface area contributed by atoms with E-state index in [0.717, 1.165) is 6.42 Å². The highest BCUT2D eigenvalue weighted by Crippen LogP contribution is 2.37. The first kappa shape index (κ1) is 21.3. The van der Waals surface area contributed by atoms with Crippen LogP contribution in [0, 0.1) is 11.8 Å². The van der Waals surface area contributed by atoms with Crippen LogP contribution in [0.2, 0.25) is 5.02 Å². The summed E-state index contributed by atoms with van der Waals surface area (Å²) in [6, 6.07) is 5.11. The summed E-state index contributed by atoms with van der Waals surface area (Å²) in [4.78, 5) is 18.4. The van der Waals surface area contributed by atoms with Crippen LogP contribution >= 0.6 is 11.6 Å². The van der Waals surface area contributed by atoms with E-state index >= 15 is 0 Å². The molecule has 0 radical (unpaired) electrons. The van der Waals surface area contributed by atoms with Crippen molar-refractivity contribution in [2.75, 3.05) is 26.2 Å². The number of halogens is 1. The molecule has 1 amide bonds. The third kappa shape index (κ3) is 4.00. The van der Waals surface area contributed by atoms with Crippen LogP contribution in [0.4, 0.5) is 4.79 Å². The molecule has 4 rings (SSSR count). The van der Waals surface area contributed by atoms with Crippen LogP contribution in [0.15, 0.2) is 35.5 Å². The van der Waals surface area contributed by atoms with E-state index < -0.39 is 15.6 Å². The average molecular weight is 452 g/mol. The van der Waals surface area contributed by atoms with Gasteiger partial charge in [0.1, 0.15) is 5.60 Å².